The van der Waals surface area contributed by atoms with Gasteiger partial charge in [-0.1, -0.05) is 6.07 Å². The zero-order valence-corrected chi connectivity index (χ0v) is 14.9. The Hall–Kier alpha value is -2.59. The van der Waals surface area contributed by atoms with Crippen molar-refractivity contribution in [2.75, 3.05) is 13.7 Å². The van der Waals surface area contributed by atoms with Crippen LogP contribution in [0.5, 0.6) is 5.75 Å². The van der Waals surface area contributed by atoms with Crippen molar-refractivity contribution in [2.45, 2.75) is 24.6 Å². The van der Waals surface area contributed by atoms with E-state index in [9.17, 15) is 14.4 Å². The van der Waals surface area contributed by atoms with Gasteiger partial charge >= 0.3 is 5.97 Å². The number of halogens is 1. The lowest BCUT2D eigenvalue weighted by Gasteiger charge is -2.09. The highest BCUT2D eigenvalue weighted by atomic mass is 32.2. The maximum atomic E-state index is 13.7. The lowest BCUT2D eigenvalue weighted by molar-refractivity contribution is 0.0524. The van der Waals surface area contributed by atoms with E-state index in [-0.39, 0.29) is 23.5 Å². The SMILES string of the molecule is CCOC(=O)c1cc(C#N)c(SCc2ccc(OC)c(F)c2)nc1C. The number of ether oxygens (including phenoxy) is 2. The van der Waals surface area contributed by atoms with E-state index >= 15 is 0 Å². The van der Waals surface area contributed by atoms with Crippen LogP contribution in [0.1, 0.15) is 34.1 Å². The van der Waals surface area contributed by atoms with Crippen LogP contribution < -0.4 is 4.74 Å². The van der Waals surface area contributed by atoms with Crippen molar-refractivity contribution < 1.29 is 18.7 Å². The van der Waals surface area contributed by atoms with Gasteiger partial charge in [0.2, 0.25) is 0 Å². The third kappa shape index (κ3) is 4.48. The highest BCUT2D eigenvalue weighted by Gasteiger charge is 2.16. The predicted molar refractivity (Wildman–Crippen MR) is 92.2 cm³/mol. The average molecular weight is 360 g/mol. The topological polar surface area (TPSA) is 72.2 Å². The quantitative estimate of drug-likeness (QED) is 0.575. The van der Waals surface area contributed by atoms with Gasteiger partial charge in [0, 0.05) is 5.75 Å². The molecular weight excluding hydrogens is 343 g/mol. The third-order valence-corrected chi connectivity index (χ3v) is 4.45. The smallest absolute Gasteiger partial charge is 0.340 e. The van der Waals surface area contributed by atoms with Crippen LogP contribution in [-0.2, 0) is 10.5 Å². The second kappa shape index (κ2) is 8.49. The first-order valence-electron chi connectivity index (χ1n) is 7.54. The summed E-state index contributed by atoms with van der Waals surface area (Å²) in [6.45, 7) is 3.65. The fourth-order valence-electron chi connectivity index (χ4n) is 2.14. The van der Waals surface area contributed by atoms with Crippen molar-refractivity contribution in [2.24, 2.45) is 0 Å². The number of carbonyl (C=O) groups is 1. The van der Waals surface area contributed by atoms with Crippen molar-refractivity contribution in [3.05, 3.63) is 52.5 Å². The number of carbonyl (C=O) groups excluding carboxylic acids is 1. The monoisotopic (exact) mass is 360 g/mol. The third-order valence-electron chi connectivity index (χ3n) is 3.39. The molecule has 1 heterocycles. The minimum absolute atomic E-state index is 0.180. The van der Waals surface area contributed by atoms with Gasteiger partial charge in [-0.25, -0.2) is 14.2 Å². The zero-order valence-electron chi connectivity index (χ0n) is 14.1. The number of hydrogen-bond acceptors (Lipinski definition) is 6. The van der Waals surface area contributed by atoms with Crippen LogP contribution in [0.25, 0.3) is 0 Å². The van der Waals surface area contributed by atoms with Crippen LogP contribution in [-0.4, -0.2) is 24.7 Å². The summed E-state index contributed by atoms with van der Waals surface area (Å²) in [5, 5.41) is 9.81. The Bertz CT molecular complexity index is 834. The molecule has 0 saturated heterocycles. The fraction of sp³-hybridized carbons (Fsp3) is 0.278. The van der Waals surface area contributed by atoms with Crippen molar-refractivity contribution in [1.82, 2.24) is 4.98 Å². The Kier molecular flexibility index (Phi) is 6.37. The number of aromatic nitrogens is 1. The molecule has 2 rings (SSSR count). The number of rotatable bonds is 6. The minimum Gasteiger partial charge on any atom is -0.494 e. The first kappa shape index (κ1) is 18.7. The van der Waals surface area contributed by atoms with Crippen molar-refractivity contribution in [1.29, 1.82) is 5.26 Å². The molecule has 1 aromatic carbocycles. The van der Waals surface area contributed by atoms with Gasteiger partial charge in [-0.05, 0) is 37.6 Å². The van der Waals surface area contributed by atoms with Crippen LogP contribution in [0.4, 0.5) is 4.39 Å². The molecule has 0 aliphatic carbocycles. The Morgan fingerprint density at radius 2 is 2.16 bits per heavy atom. The summed E-state index contributed by atoms with van der Waals surface area (Å²) in [5.41, 5.74) is 1.79. The molecule has 0 radical (unpaired) electrons. The molecular formula is C18H17FN2O3S. The highest BCUT2D eigenvalue weighted by Crippen LogP contribution is 2.28. The van der Waals surface area contributed by atoms with Gasteiger partial charge in [0.15, 0.2) is 11.6 Å². The largest absolute Gasteiger partial charge is 0.494 e. The Labute approximate surface area is 149 Å². The van der Waals surface area contributed by atoms with Crippen LogP contribution in [0, 0.1) is 24.1 Å². The molecule has 0 amide bonds. The summed E-state index contributed by atoms with van der Waals surface area (Å²) >= 11 is 1.30. The van der Waals surface area contributed by atoms with Gasteiger partial charge in [-0.15, -0.1) is 11.8 Å². The molecule has 0 aliphatic heterocycles. The molecule has 0 aliphatic rings. The summed E-state index contributed by atoms with van der Waals surface area (Å²) < 4.78 is 23.6. The summed E-state index contributed by atoms with van der Waals surface area (Å²) in [4.78, 5) is 16.2. The first-order chi connectivity index (χ1) is 12.0. The molecule has 0 atom stereocenters. The zero-order chi connectivity index (χ0) is 18.4. The number of nitrogens with zero attached hydrogens (tertiary/aromatic N) is 2. The Morgan fingerprint density at radius 1 is 1.40 bits per heavy atom. The van der Waals surface area contributed by atoms with Crippen molar-refractivity contribution in [3.8, 4) is 11.8 Å². The molecule has 0 bridgehead atoms. The minimum atomic E-state index is -0.502. The Morgan fingerprint density at radius 3 is 2.76 bits per heavy atom. The predicted octanol–water partition coefficient (Wildman–Crippen LogP) is 3.88. The lowest BCUT2D eigenvalue weighted by Crippen LogP contribution is -2.09. The van der Waals surface area contributed by atoms with Gasteiger partial charge in [0.1, 0.15) is 11.1 Å². The molecule has 0 unspecified atom stereocenters. The van der Waals surface area contributed by atoms with Crippen molar-refractivity contribution >= 4 is 17.7 Å². The molecule has 25 heavy (non-hydrogen) atoms. The van der Waals surface area contributed by atoms with Crippen molar-refractivity contribution in [3.63, 3.8) is 0 Å². The average Bonchev–Trinajstić information content (AvgIpc) is 2.60. The lowest BCUT2D eigenvalue weighted by atomic mass is 10.1. The molecule has 0 N–H and O–H groups in total. The van der Waals surface area contributed by atoms with E-state index in [0.717, 1.165) is 5.56 Å². The van der Waals surface area contributed by atoms with E-state index < -0.39 is 11.8 Å². The number of pyridine rings is 1. The maximum absolute atomic E-state index is 13.7. The number of methoxy groups -OCH3 is 1. The second-order valence-corrected chi connectivity index (χ2v) is 6.03. The fourth-order valence-corrected chi connectivity index (χ4v) is 3.08. The van der Waals surface area contributed by atoms with Gasteiger partial charge in [-0.3, -0.25) is 0 Å². The van der Waals surface area contributed by atoms with Crippen LogP contribution in [0.2, 0.25) is 0 Å². The summed E-state index contributed by atoms with van der Waals surface area (Å²) in [6, 6.07) is 8.22. The van der Waals surface area contributed by atoms with E-state index in [0.29, 0.717) is 16.5 Å². The molecule has 0 spiro atoms. The van der Waals surface area contributed by atoms with Gasteiger partial charge in [-0.2, -0.15) is 5.26 Å². The van der Waals surface area contributed by atoms with Gasteiger partial charge in [0.25, 0.3) is 0 Å². The number of hydrogen-bond donors (Lipinski definition) is 0. The molecule has 1 aromatic heterocycles. The molecule has 5 nitrogen and oxygen atoms in total. The molecule has 7 heteroatoms. The normalized spacial score (nSPS) is 10.2. The van der Waals surface area contributed by atoms with E-state index in [1.54, 1.807) is 26.0 Å². The number of thioether (sulfide) groups is 1. The molecule has 130 valence electrons. The van der Waals surface area contributed by atoms with Crippen LogP contribution >= 0.6 is 11.8 Å². The maximum Gasteiger partial charge on any atom is 0.340 e. The van der Waals surface area contributed by atoms with Gasteiger partial charge in [0.05, 0.1) is 30.5 Å². The molecule has 0 saturated carbocycles. The van der Waals surface area contributed by atoms with E-state index in [2.05, 4.69) is 4.98 Å². The van der Waals surface area contributed by atoms with Crippen LogP contribution in [0.15, 0.2) is 29.3 Å². The standard InChI is InChI=1S/C18H17FN2O3S/c1-4-24-18(22)14-8-13(9-20)17(21-11(14)2)25-10-12-5-6-16(23-3)15(19)7-12/h5-8H,4,10H2,1-3H3. The number of benzene rings is 1. The first-order valence-corrected chi connectivity index (χ1v) is 8.52. The number of nitriles is 1. The van der Waals surface area contributed by atoms with Crippen LogP contribution in [0.3, 0.4) is 0 Å². The highest BCUT2D eigenvalue weighted by molar-refractivity contribution is 7.98. The Balaban J connectivity index is 2.22. The second-order valence-electron chi connectivity index (χ2n) is 5.06. The van der Waals surface area contributed by atoms with Gasteiger partial charge < -0.3 is 9.47 Å². The number of aryl methyl sites for hydroxylation is 1. The number of esters is 1. The van der Waals surface area contributed by atoms with E-state index in [1.165, 1.54) is 31.0 Å². The summed E-state index contributed by atoms with van der Waals surface area (Å²) in [6.07, 6.45) is 0. The molecule has 2 aromatic rings. The van der Waals surface area contributed by atoms with E-state index in [4.69, 9.17) is 9.47 Å². The summed E-state index contributed by atoms with van der Waals surface area (Å²) in [5.74, 6) is -0.333. The van der Waals surface area contributed by atoms with E-state index in [1.807, 2.05) is 6.07 Å². The summed E-state index contributed by atoms with van der Waals surface area (Å²) in [7, 11) is 1.41. The molecule has 0 fully saturated rings.